The van der Waals surface area contributed by atoms with E-state index in [0.29, 0.717) is 30.6 Å². The van der Waals surface area contributed by atoms with Crippen molar-refractivity contribution in [2.24, 2.45) is 7.05 Å². The molecule has 0 amide bonds. The maximum atomic E-state index is 13.3. The van der Waals surface area contributed by atoms with Gasteiger partial charge in [-0.05, 0) is 51.3 Å². The maximum absolute atomic E-state index is 13.3. The van der Waals surface area contributed by atoms with Crippen LogP contribution in [0, 0.1) is 0 Å². The zero-order valence-corrected chi connectivity index (χ0v) is 22.0. The van der Waals surface area contributed by atoms with Crippen LogP contribution in [0.3, 0.4) is 0 Å². The van der Waals surface area contributed by atoms with E-state index in [9.17, 15) is 4.79 Å². The Labute approximate surface area is 220 Å². The first-order valence-corrected chi connectivity index (χ1v) is 13.7. The van der Waals surface area contributed by atoms with E-state index in [1.165, 1.54) is 32.4 Å². The largest absolute Gasteiger partial charge is 0.496 e. The lowest BCUT2D eigenvalue weighted by Crippen LogP contribution is -2.34. The smallest absolute Gasteiger partial charge is 0.329 e. The second kappa shape index (κ2) is 9.01. The summed E-state index contributed by atoms with van der Waals surface area (Å²) in [6, 6.07) is 5.83. The molecule has 4 aromatic rings. The van der Waals surface area contributed by atoms with Gasteiger partial charge in [-0.1, -0.05) is 6.42 Å². The van der Waals surface area contributed by atoms with Gasteiger partial charge in [0.25, 0.3) is 0 Å². The molecule has 1 aromatic carbocycles. The molecule has 0 atom stereocenters. The predicted molar refractivity (Wildman–Crippen MR) is 145 cm³/mol. The molecule has 9 nitrogen and oxygen atoms in total. The van der Waals surface area contributed by atoms with Crippen molar-refractivity contribution in [2.75, 3.05) is 40.0 Å². The van der Waals surface area contributed by atoms with Crippen molar-refractivity contribution in [3.05, 3.63) is 41.1 Å². The van der Waals surface area contributed by atoms with Crippen LogP contribution in [0.5, 0.6) is 17.4 Å². The Morgan fingerprint density at radius 2 is 1.95 bits per heavy atom. The SMILES string of the molecule is COc1cc2ncc3c4c2c(c1-c1ccc(OCCCN2CCCCC2)nc1)OCC1(CC1)n4c(=O)n3C. The predicted octanol–water partition coefficient (Wildman–Crippen LogP) is 4.10. The van der Waals surface area contributed by atoms with Gasteiger partial charge >= 0.3 is 5.69 Å². The van der Waals surface area contributed by atoms with Gasteiger partial charge in [-0.2, -0.15) is 0 Å². The number of nitrogens with zero attached hydrogens (tertiary/aromatic N) is 5. The monoisotopic (exact) mass is 515 g/mol. The van der Waals surface area contributed by atoms with Crippen molar-refractivity contribution >= 4 is 21.9 Å². The van der Waals surface area contributed by atoms with E-state index in [1.54, 1.807) is 17.9 Å². The molecular weight excluding hydrogens is 482 g/mol. The maximum Gasteiger partial charge on any atom is 0.329 e. The summed E-state index contributed by atoms with van der Waals surface area (Å²) >= 11 is 0. The summed E-state index contributed by atoms with van der Waals surface area (Å²) in [4.78, 5) is 25.1. The van der Waals surface area contributed by atoms with Gasteiger partial charge in [0, 0.05) is 37.5 Å². The van der Waals surface area contributed by atoms with Crippen LogP contribution < -0.4 is 19.9 Å². The zero-order valence-electron chi connectivity index (χ0n) is 22.0. The van der Waals surface area contributed by atoms with Gasteiger partial charge in [-0.3, -0.25) is 14.1 Å². The third kappa shape index (κ3) is 3.66. The number of pyridine rings is 2. The van der Waals surface area contributed by atoms with Crippen LogP contribution >= 0.6 is 0 Å². The molecule has 38 heavy (non-hydrogen) atoms. The van der Waals surface area contributed by atoms with Gasteiger partial charge < -0.3 is 19.1 Å². The van der Waals surface area contributed by atoms with Gasteiger partial charge in [0.2, 0.25) is 5.88 Å². The van der Waals surface area contributed by atoms with Gasteiger partial charge in [-0.15, -0.1) is 0 Å². The molecule has 0 bridgehead atoms. The Hall–Kier alpha value is -3.59. The number of aryl methyl sites for hydroxylation is 1. The molecule has 2 fully saturated rings. The molecule has 1 saturated carbocycles. The third-order valence-corrected chi connectivity index (χ3v) is 8.44. The van der Waals surface area contributed by atoms with E-state index >= 15 is 0 Å². The minimum absolute atomic E-state index is 0.0240. The van der Waals surface area contributed by atoms with E-state index in [4.69, 9.17) is 19.2 Å². The van der Waals surface area contributed by atoms with E-state index < -0.39 is 0 Å². The lowest BCUT2D eigenvalue weighted by Gasteiger charge is -2.26. The first kappa shape index (κ1) is 23.5. The van der Waals surface area contributed by atoms with Crippen molar-refractivity contribution in [1.82, 2.24) is 24.0 Å². The number of methoxy groups -OCH3 is 1. The highest BCUT2D eigenvalue weighted by Crippen LogP contribution is 2.52. The highest BCUT2D eigenvalue weighted by atomic mass is 16.5. The number of rotatable bonds is 7. The second-order valence-corrected chi connectivity index (χ2v) is 10.8. The van der Waals surface area contributed by atoms with Crippen LogP contribution in [0.4, 0.5) is 0 Å². The van der Waals surface area contributed by atoms with Crippen LogP contribution in [-0.4, -0.2) is 64.0 Å². The minimum atomic E-state index is -0.307. The van der Waals surface area contributed by atoms with Crippen LogP contribution in [0.2, 0.25) is 0 Å². The summed E-state index contributed by atoms with van der Waals surface area (Å²) in [5, 5.41) is 0.845. The molecule has 1 aliphatic carbocycles. The molecule has 1 spiro atoms. The lowest BCUT2D eigenvalue weighted by molar-refractivity contribution is 0.203. The molecule has 3 aromatic heterocycles. The molecule has 0 N–H and O–H groups in total. The van der Waals surface area contributed by atoms with Crippen LogP contribution in [-0.2, 0) is 12.6 Å². The normalized spacial score (nSPS) is 18.2. The van der Waals surface area contributed by atoms with Gasteiger partial charge in [0.05, 0.1) is 53.0 Å². The highest BCUT2D eigenvalue weighted by Gasteiger charge is 2.50. The number of likely N-dealkylation sites (tertiary alicyclic amines) is 1. The van der Waals surface area contributed by atoms with Gasteiger partial charge in [0.15, 0.2) is 0 Å². The molecule has 2 aliphatic heterocycles. The fraction of sp³-hybridized carbons (Fsp3) is 0.483. The van der Waals surface area contributed by atoms with E-state index in [0.717, 1.165) is 58.9 Å². The molecule has 0 radical (unpaired) electrons. The fourth-order valence-electron chi connectivity index (χ4n) is 6.16. The average molecular weight is 516 g/mol. The standard InChI is InChI=1S/C29H33N5O4/c1-32-21-17-30-20-15-22(36-2)24(27-25(20)26(21)34(28(32)35)29(9-10-29)18-38-27)19-7-8-23(31-16-19)37-14-6-13-33-11-4-3-5-12-33/h7-8,15-17H,3-6,9-14,18H2,1-2H3. The number of piperidine rings is 1. The van der Waals surface area contributed by atoms with Crippen molar-refractivity contribution in [2.45, 2.75) is 44.1 Å². The second-order valence-electron chi connectivity index (χ2n) is 10.8. The van der Waals surface area contributed by atoms with Crippen molar-refractivity contribution in [1.29, 1.82) is 0 Å². The summed E-state index contributed by atoms with van der Waals surface area (Å²) in [6.07, 6.45) is 10.4. The molecule has 1 saturated heterocycles. The van der Waals surface area contributed by atoms with Crippen molar-refractivity contribution in [3.8, 4) is 28.5 Å². The van der Waals surface area contributed by atoms with Crippen LogP contribution in [0.1, 0.15) is 38.5 Å². The van der Waals surface area contributed by atoms with Gasteiger partial charge in [0.1, 0.15) is 18.1 Å². The summed E-state index contributed by atoms with van der Waals surface area (Å²) < 4.78 is 22.0. The molecule has 198 valence electrons. The Kier molecular flexibility index (Phi) is 5.58. The van der Waals surface area contributed by atoms with Crippen LogP contribution in [0.15, 0.2) is 35.4 Å². The fourth-order valence-corrected chi connectivity index (χ4v) is 6.16. The molecule has 9 heteroatoms. The number of hydrogen-bond donors (Lipinski definition) is 0. The zero-order chi connectivity index (χ0) is 25.9. The Bertz CT molecular complexity index is 1580. The lowest BCUT2D eigenvalue weighted by atomic mass is 10.0. The summed E-state index contributed by atoms with van der Waals surface area (Å²) in [5.74, 6) is 1.96. The number of imidazole rings is 1. The number of aromatic nitrogens is 4. The van der Waals surface area contributed by atoms with Crippen molar-refractivity contribution < 1.29 is 14.2 Å². The number of benzene rings is 1. The van der Waals surface area contributed by atoms with E-state index in [-0.39, 0.29) is 11.2 Å². The number of fused-ring (bicyclic) bond motifs is 1. The first-order chi connectivity index (χ1) is 18.6. The number of hydrogen-bond acceptors (Lipinski definition) is 7. The van der Waals surface area contributed by atoms with Crippen molar-refractivity contribution in [3.63, 3.8) is 0 Å². The number of ether oxygens (including phenoxy) is 3. The Morgan fingerprint density at radius 1 is 1.11 bits per heavy atom. The van der Waals surface area contributed by atoms with Crippen LogP contribution in [0.25, 0.3) is 33.1 Å². The van der Waals surface area contributed by atoms with E-state index in [2.05, 4.69) is 9.88 Å². The molecule has 5 heterocycles. The quantitative estimate of drug-likeness (QED) is 0.343. The molecule has 7 rings (SSSR count). The Morgan fingerprint density at radius 3 is 2.68 bits per heavy atom. The van der Waals surface area contributed by atoms with E-state index in [1.807, 2.05) is 36.0 Å². The minimum Gasteiger partial charge on any atom is -0.496 e. The summed E-state index contributed by atoms with van der Waals surface area (Å²) in [6.45, 7) is 4.55. The molecule has 0 unspecified atom stereocenters. The third-order valence-electron chi connectivity index (χ3n) is 8.44. The summed E-state index contributed by atoms with van der Waals surface area (Å²) in [7, 11) is 3.47. The highest BCUT2D eigenvalue weighted by molar-refractivity contribution is 6.10. The molecule has 3 aliphatic rings. The first-order valence-electron chi connectivity index (χ1n) is 13.7. The average Bonchev–Trinajstić information content (AvgIpc) is 3.71. The summed E-state index contributed by atoms with van der Waals surface area (Å²) in [5.41, 5.74) is 3.79. The Balaban J connectivity index is 1.24. The van der Waals surface area contributed by atoms with Gasteiger partial charge in [-0.25, -0.2) is 9.78 Å². The topological polar surface area (TPSA) is 83.6 Å². The molecular formula is C29H33N5O4.